The fraction of sp³-hybridized carbons (Fsp3) is 0. The molecule has 0 aliphatic heterocycles. The molecule has 258 valence electrons. The van der Waals surface area contributed by atoms with Gasteiger partial charge in [-0.2, -0.15) is 0 Å². The molecule has 0 aliphatic rings. The molecule has 2 aromatic heterocycles. The molecule has 0 fully saturated rings. The molecule has 0 aliphatic carbocycles. The van der Waals surface area contributed by atoms with Gasteiger partial charge in [0.05, 0.1) is 5.69 Å². The number of hydrogen-bond donors (Lipinski definition) is 0. The fourth-order valence-electron chi connectivity index (χ4n) is 8.35. The van der Waals surface area contributed by atoms with E-state index in [4.69, 9.17) is 8.83 Å². The van der Waals surface area contributed by atoms with Crippen molar-refractivity contribution in [2.45, 2.75) is 0 Å². The number of hydrogen-bond acceptors (Lipinski definition) is 3. The first kappa shape index (κ1) is 31.2. The molecule has 3 heteroatoms. The Bertz CT molecular complexity index is 3190. The van der Waals surface area contributed by atoms with E-state index < -0.39 is 0 Å². The van der Waals surface area contributed by atoms with Gasteiger partial charge in [0.25, 0.3) is 0 Å². The molecule has 11 rings (SSSR count). The van der Waals surface area contributed by atoms with Crippen molar-refractivity contribution in [2.75, 3.05) is 4.90 Å². The Labute approximate surface area is 317 Å². The van der Waals surface area contributed by atoms with E-state index >= 15 is 0 Å². The number of para-hydroxylation sites is 2. The van der Waals surface area contributed by atoms with E-state index in [2.05, 4.69) is 193 Å². The second-order valence-corrected chi connectivity index (χ2v) is 14.0. The van der Waals surface area contributed by atoms with Gasteiger partial charge >= 0.3 is 0 Å². The Morgan fingerprint density at radius 2 is 0.836 bits per heavy atom. The second-order valence-electron chi connectivity index (χ2n) is 14.0. The number of nitrogens with zero attached hydrogens (tertiary/aromatic N) is 1. The lowest BCUT2D eigenvalue weighted by atomic mass is 9.97. The van der Waals surface area contributed by atoms with Crippen LogP contribution < -0.4 is 4.90 Å². The van der Waals surface area contributed by atoms with Crippen LogP contribution in [0.5, 0.6) is 0 Å². The number of rotatable bonds is 6. The van der Waals surface area contributed by atoms with E-state index in [1.165, 1.54) is 10.9 Å². The lowest BCUT2D eigenvalue weighted by molar-refractivity contribution is 0.669. The lowest BCUT2D eigenvalue weighted by Crippen LogP contribution is -2.11. The first-order chi connectivity index (χ1) is 27.3. The monoisotopic (exact) mass is 703 g/mol. The summed E-state index contributed by atoms with van der Waals surface area (Å²) in [5, 5.41) is 6.84. The highest BCUT2D eigenvalue weighted by Crippen LogP contribution is 2.44. The molecule has 0 atom stereocenters. The summed E-state index contributed by atoms with van der Waals surface area (Å²) in [4.78, 5) is 2.36. The van der Waals surface area contributed by atoms with Gasteiger partial charge in [-0.15, -0.1) is 0 Å². The van der Waals surface area contributed by atoms with Crippen molar-refractivity contribution in [3.8, 4) is 33.4 Å². The Morgan fingerprint density at radius 1 is 0.309 bits per heavy atom. The zero-order valence-corrected chi connectivity index (χ0v) is 29.8. The molecule has 0 spiro atoms. The van der Waals surface area contributed by atoms with Gasteiger partial charge in [-0.1, -0.05) is 146 Å². The molecule has 11 aromatic rings. The molecule has 55 heavy (non-hydrogen) atoms. The average molecular weight is 704 g/mol. The van der Waals surface area contributed by atoms with Crippen molar-refractivity contribution in [2.24, 2.45) is 0 Å². The normalized spacial score (nSPS) is 11.6. The van der Waals surface area contributed by atoms with Crippen LogP contribution >= 0.6 is 0 Å². The molecular weight excluding hydrogens is 671 g/mol. The number of benzene rings is 9. The van der Waals surface area contributed by atoms with Crippen LogP contribution in [0.1, 0.15) is 0 Å². The zero-order valence-electron chi connectivity index (χ0n) is 29.8. The van der Waals surface area contributed by atoms with Crippen LogP contribution in [0.4, 0.5) is 17.1 Å². The van der Waals surface area contributed by atoms with Gasteiger partial charge in [0.2, 0.25) is 0 Å². The molecule has 0 saturated heterocycles. The van der Waals surface area contributed by atoms with E-state index in [0.29, 0.717) is 0 Å². The second kappa shape index (κ2) is 12.6. The van der Waals surface area contributed by atoms with Crippen LogP contribution in [0.3, 0.4) is 0 Å². The summed E-state index contributed by atoms with van der Waals surface area (Å²) in [7, 11) is 0. The first-order valence-electron chi connectivity index (χ1n) is 18.7. The largest absolute Gasteiger partial charge is 0.456 e. The van der Waals surface area contributed by atoms with Crippen molar-refractivity contribution < 1.29 is 8.83 Å². The topological polar surface area (TPSA) is 29.5 Å². The van der Waals surface area contributed by atoms with E-state index in [0.717, 1.165) is 94.1 Å². The quantitative estimate of drug-likeness (QED) is 0.173. The van der Waals surface area contributed by atoms with Crippen molar-refractivity contribution >= 4 is 71.7 Å². The molecule has 0 bridgehead atoms. The SMILES string of the molecule is c1ccc(-c2ccccc2N(c2ccc(-c3cccc4oc5ccccc5c34)cc2)c2ccc(-c3cccc4oc5c6ccccc6ccc5c34)cc2)cc1. The third-order valence-electron chi connectivity index (χ3n) is 10.9. The van der Waals surface area contributed by atoms with E-state index in [9.17, 15) is 0 Å². The third-order valence-corrected chi connectivity index (χ3v) is 10.9. The molecular formula is C52H33NO2. The smallest absolute Gasteiger partial charge is 0.143 e. The van der Waals surface area contributed by atoms with Crippen LogP contribution in [-0.2, 0) is 0 Å². The summed E-state index contributed by atoms with van der Waals surface area (Å²) in [6.07, 6.45) is 0. The van der Waals surface area contributed by atoms with Crippen LogP contribution in [0, 0.1) is 0 Å². The number of furan rings is 2. The van der Waals surface area contributed by atoms with E-state index in [-0.39, 0.29) is 0 Å². The summed E-state index contributed by atoms with van der Waals surface area (Å²) in [6.45, 7) is 0. The van der Waals surface area contributed by atoms with E-state index in [1.54, 1.807) is 0 Å². The maximum Gasteiger partial charge on any atom is 0.143 e. The summed E-state index contributed by atoms with van der Waals surface area (Å²) >= 11 is 0. The highest BCUT2D eigenvalue weighted by atomic mass is 16.3. The fourth-order valence-corrected chi connectivity index (χ4v) is 8.35. The average Bonchev–Trinajstić information content (AvgIpc) is 3.84. The molecule has 0 N–H and O–H groups in total. The highest BCUT2D eigenvalue weighted by Gasteiger charge is 2.20. The lowest BCUT2D eigenvalue weighted by Gasteiger charge is -2.28. The molecule has 9 aromatic carbocycles. The van der Waals surface area contributed by atoms with Crippen molar-refractivity contribution in [3.63, 3.8) is 0 Å². The molecule has 2 heterocycles. The van der Waals surface area contributed by atoms with Gasteiger partial charge in [0.1, 0.15) is 22.3 Å². The minimum Gasteiger partial charge on any atom is -0.456 e. The van der Waals surface area contributed by atoms with Gasteiger partial charge in [-0.05, 0) is 87.8 Å². The van der Waals surface area contributed by atoms with Gasteiger partial charge in [0, 0.05) is 43.9 Å². The van der Waals surface area contributed by atoms with Crippen LogP contribution in [-0.4, -0.2) is 0 Å². The Kier molecular flexibility index (Phi) is 7.17. The van der Waals surface area contributed by atoms with Gasteiger partial charge in [0.15, 0.2) is 0 Å². The predicted molar refractivity (Wildman–Crippen MR) is 229 cm³/mol. The van der Waals surface area contributed by atoms with Crippen LogP contribution in [0.15, 0.2) is 209 Å². The summed E-state index contributed by atoms with van der Waals surface area (Å²) < 4.78 is 12.8. The van der Waals surface area contributed by atoms with Crippen molar-refractivity contribution in [1.29, 1.82) is 0 Å². The minimum absolute atomic E-state index is 0.894. The highest BCUT2D eigenvalue weighted by molar-refractivity contribution is 6.19. The molecule has 0 unspecified atom stereocenters. The Balaban J connectivity index is 1.05. The van der Waals surface area contributed by atoms with Gasteiger partial charge < -0.3 is 13.7 Å². The van der Waals surface area contributed by atoms with Crippen LogP contribution in [0.2, 0.25) is 0 Å². The van der Waals surface area contributed by atoms with E-state index in [1.807, 2.05) is 12.1 Å². The minimum atomic E-state index is 0.894. The first-order valence-corrected chi connectivity index (χ1v) is 18.7. The summed E-state index contributed by atoms with van der Waals surface area (Å²) in [6, 6.07) is 70.9. The number of fused-ring (bicyclic) bond motifs is 8. The summed E-state index contributed by atoms with van der Waals surface area (Å²) in [5.74, 6) is 0. The maximum absolute atomic E-state index is 6.53. The van der Waals surface area contributed by atoms with Crippen molar-refractivity contribution in [1.82, 2.24) is 0 Å². The van der Waals surface area contributed by atoms with Crippen molar-refractivity contribution in [3.05, 3.63) is 200 Å². The molecule has 0 saturated carbocycles. The van der Waals surface area contributed by atoms with Crippen LogP contribution in [0.25, 0.3) is 88.0 Å². The predicted octanol–water partition coefficient (Wildman–Crippen LogP) is 15.1. The standard InChI is InChI=1S/C52H33NO2/c1-2-12-34(13-3-1)40-15-6-8-20-46(40)53(38-29-24-36(25-30-38)41-18-10-22-48-50(41)44-17-7-9-21-47(44)54-48)39-31-26-37(27-32-39)42-19-11-23-49-51(42)45-33-28-35-14-4-5-16-43(35)52(45)55-49/h1-33H. The zero-order chi connectivity index (χ0) is 36.3. The van der Waals surface area contributed by atoms with Gasteiger partial charge in [-0.25, -0.2) is 0 Å². The Morgan fingerprint density at radius 3 is 1.56 bits per heavy atom. The maximum atomic E-state index is 6.53. The molecule has 3 nitrogen and oxygen atoms in total. The summed E-state index contributed by atoms with van der Waals surface area (Å²) in [5.41, 5.74) is 13.8. The molecule has 0 radical (unpaired) electrons. The molecule has 0 amide bonds. The van der Waals surface area contributed by atoms with Gasteiger partial charge in [-0.3, -0.25) is 0 Å². The Hall–Kier alpha value is -7.36. The third kappa shape index (κ3) is 5.13. The number of anilines is 3.